The largest absolute Gasteiger partial charge is 0.468 e. The van der Waals surface area contributed by atoms with Gasteiger partial charge in [0.1, 0.15) is 6.04 Å². The van der Waals surface area contributed by atoms with Crippen molar-refractivity contribution < 1.29 is 9.53 Å². The van der Waals surface area contributed by atoms with Gasteiger partial charge in [0.2, 0.25) is 0 Å². The summed E-state index contributed by atoms with van der Waals surface area (Å²) >= 11 is 0. The van der Waals surface area contributed by atoms with Gasteiger partial charge in [-0.3, -0.25) is 4.79 Å². The van der Waals surface area contributed by atoms with Crippen LogP contribution in [-0.4, -0.2) is 50.7 Å². The Morgan fingerprint density at radius 3 is 2.36 bits per heavy atom. The molecule has 0 aliphatic carbocycles. The highest BCUT2D eigenvalue weighted by molar-refractivity contribution is 5.75. The highest BCUT2D eigenvalue weighted by atomic mass is 16.5. The van der Waals surface area contributed by atoms with Crippen molar-refractivity contribution in [3.05, 3.63) is 0 Å². The van der Waals surface area contributed by atoms with Crippen LogP contribution in [0.25, 0.3) is 0 Å². The summed E-state index contributed by atoms with van der Waals surface area (Å²) in [5, 5.41) is 3.18. The average Bonchev–Trinajstić information content (AvgIpc) is 2.10. The first kappa shape index (κ1) is 13.4. The quantitative estimate of drug-likeness (QED) is 0.636. The van der Waals surface area contributed by atoms with Gasteiger partial charge in [0.05, 0.1) is 7.11 Å². The number of carbonyl (C=O) groups is 1. The summed E-state index contributed by atoms with van der Waals surface area (Å²) < 4.78 is 4.73. The Balaban J connectivity index is 4.04. The Morgan fingerprint density at radius 2 is 2.00 bits per heavy atom. The van der Waals surface area contributed by atoms with Gasteiger partial charge in [0.15, 0.2) is 0 Å². The van der Waals surface area contributed by atoms with Gasteiger partial charge in [-0.25, -0.2) is 0 Å². The van der Waals surface area contributed by atoms with E-state index in [4.69, 9.17) is 4.74 Å². The van der Waals surface area contributed by atoms with E-state index in [1.807, 2.05) is 27.9 Å². The molecule has 0 fully saturated rings. The van der Waals surface area contributed by atoms with Crippen LogP contribution in [0.4, 0.5) is 0 Å². The van der Waals surface area contributed by atoms with Crippen LogP contribution >= 0.6 is 0 Å². The summed E-state index contributed by atoms with van der Waals surface area (Å²) in [5.41, 5.74) is 0. The highest BCUT2D eigenvalue weighted by Gasteiger charge is 2.19. The van der Waals surface area contributed by atoms with E-state index in [1.54, 1.807) is 0 Å². The second-order valence-corrected chi connectivity index (χ2v) is 3.99. The molecule has 0 aromatic heterocycles. The van der Waals surface area contributed by atoms with Crippen molar-refractivity contribution in [1.82, 2.24) is 10.2 Å². The zero-order chi connectivity index (χ0) is 11.1. The molecule has 0 spiro atoms. The summed E-state index contributed by atoms with van der Waals surface area (Å²) in [6, 6.07) is 0.101. The van der Waals surface area contributed by atoms with Crippen molar-refractivity contribution >= 4 is 5.97 Å². The molecule has 1 atom stereocenters. The van der Waals surface area contributed by atoms with Gasteiger partial charge in [-0.2, -0.15) is 0 Å². The van der Waals surface area contributed by atoms with E-state index < -0.39 is 0 Å². The van der Waals surface area contributed by atoms with Gasteiger partial charge in [-0.15, -0.1) is 0 Å². The van der Waals surface area contributed by atoms with E-state index in [1.165, 1.54) is 7.11 Å². The summed E-state index contributed by atoms with van der Waals surface area (Å²) in [6.45, 7) is 4.91. The number of carbonyl (C=O) groups excluding carboxylic acids is 1. The van der Waals surface area contributed by atoms with Crippen LogP contribution in [0.5, 0.6) is 0 Å². The predicted octanol–water partition coefficient (Wildman–Crippen LogP) is 0.478. The molecule has 1 N–H and O–H groups in total. The van der Waals surface area contributed by atoms with Crippen molar-refractivity contribution in [2.45, 2.75) is 32.4 Å². The van der Waals surface area contributed by atoms with Crippen molar-refractivity contribution in [3.8, 4) is 0 Å². The van der Waals surface area contributed by atoms with Gasteiger partial charge in [-0.1, -0.05) is 13.8 Å². The lowest BCUT2D eigenvalue weighted by atomic mass is 10.2. The Bertz CT molecular complexity index is 170. The van der Waals surface area contributed by atoms with E-state index in [9.17, 15) is 4.79 Å². The number of nitrogens with one attached hydrogen (secondary N) is 1. The maximum atomic E-state index is 11.4. The fourth-order valence-corrected chi connectivity index (χ4v) is 1.20. The number of hydrogen-bond donors (Lipinski definition) is 1. The van der Waals surface area contributed by atoms with Crippen LogP contribution in [0.3, 0.4) is 0 Å². The maximum absolute atomic E-state index is 11.4. The molecule has 4 nitrogen and oxygen atoms in total. The molecule has 0 radical (unpaired) electrons. The number of hydrogen-bond acceptors (Lipinski definition) is 4. The van der Waals surface area contributed by atoms with E-state index in [2.05, 4.69) is 10.2 Å². The topological polar surface area (TPSA) is 41.6 Å². The van der Waals surface area contributed by atoms with Crippen LogP contribution < -0.4 is 5.32 Å². The predicted molar refractivity (Wildman–Crippen MR) is 57.2 cm³/mol. The Kier molecular flexibility index (Phi) is 6.49. The van der Waals surface area contributed by atoms with E-state index >= 15 is 0 Å². The minimum atomic E-state index is -0.192. The number of ether oxygens (including phenoxy) is 1. The first-order valence-corrected chi connectivity index (χ1v) is 4.96. The first-order chi connectivity index (χ1) is 6.47. The average molecular weight is 202 g/mol. The summed E-state index contributed by atoms with van der Waals surface area (Å²) in [5.74, 6) is -0.180. The van der Waals surface area contributed by atoms with E-state index in [-0.39, 0.29) is 12.0 Å². The van der Waals surface area contributed by atoms with Crippen LogP contribution in [-0.2, 0) is 9.53 Å². The lowest BCUT2D eigenvalue weighted by Gasteiger charge is -2.20. The Hall–Kier alpha value is -0.610. The van der Waals surface area contributed by atoms with Crippen molar-refractivity contribution in [2.75, 3.05) is 27.7 Å². The molecule has 0 saturated heterocycles. The summed E-state index contributed by atoms with van der Waals surface area (Å²) in [7, 11) is 5.40. The zero-order valence-electron chi connectivity index (χ0n) is 9.83. The van der Waals surface area contributed by atoms with Gasteiger partial charge >= 0.3 is 5.97 Å². The van der Waals surface area contributed by atoms with Crippen molar-refractivity contribution in [1.29, 1.82) is 0 Å². The van der Waals surface area contributed by atoms with E-state index in [0.29, 0.717) is 6.04 Å². The SMILES string of the molecule is COC(=O)C(CCN(C)C)NC(C)C. The third-order valence-electron chi connectivity index (χ3n) is 1.89. The third-order valence-corrected chi connectivity index (χ3v) is 1.89. The summed E-state index contributed by atoms with van der Waals surface area (Å²) in [6.07, 6.45) is 0.776. The molecular formula is C10H22N2O2. The minimum absolute atomic E-state index is 0.180. The fraction of sp³-hybridized carbons (Fsp3) is 0.900. The molecule has 0 aliphatic heterocycles. The minimum Gasteiger partial charge on any atom is -0.468 e. The second kappa shape index (κ2) is 6.79. The molecule has 0 bridgehead atoms. The zero-order valence-corrected chi connectivity index (χ0v) is 9.83. The lowest BCUT2D eigenvalue weighted by molar-refractivity contribution is -0.143. The Morgan fingerprint density at radius 1 is 1.43 bits per heavy atom. The van der Waals surface area contributed by atoms with Crippen LogP contribution in [0, 0.1) is 0 Å². The molecule has 14 heavy (non-hydrogen) atoms. The van der Waals surface area contributed by atoms with Gasteiger partial charge < -0.3 is 15.0 Å². The second-order valence-electron chi connectivity index (χ2n) is 3.99. The Labute approximate surface area is 86.6 Å². The highest BCUT2D eigenvalue weighted by Crippen LogP contribution is 1.98. The van der Waals surface area contributed by atoms with E-state index in [0.717, 1.165) is 13.0 Å². The smallest absolute Gasteiger partial charge is 0.322 e. The standard InChI is InChI=1S/C10H22N2O2/c1-8(2)11-9(10(13)14-5)6-7-12(3)4/h8-9,11H,6-7H2,1-5H3. The fourth-order valence-electron chi connectivity index (χ4n) is 1.20. The monoisotopic (exact) mass is 202 g/mol. The molecule has 84 valence electrons. The van der Waals surface area contributed by atoms with Crippen LogP contribution in [0.2, 0.25) is 0 Å². The number of methoxy groups -OCH3 is 1. The number of esters is 1. The summed E-state index contributed by atoms with van der Waals surface area (Å²) in [4.78, 5) is 13.4. The normalized spacial score (nSPS) is 13.4. The third kappa shape index (κ3) is 5.94. The molecule has 0 saturated carbocycles. The molecule has 0 aromatic rings. The van der Waals surface area contributed by atoms with Gasteiger partial charge in [-0.05, 0) is 27.1 Å². The molecule has 0 aliphatic rings. The van der Waals surface area contributed by atoms with Gasteiger partial charge in [0.25, 0.3) is 0 Å². The van der Waals surface area contributed by atoms with Crippen molar-refractivity contribution in [2.24, 2.45) is 0 Å². The van der Waals surface area contributed by atoms with Crippen molar-refractivity contribution in [3.63, 3.8) is 0 Å². The molecule has 0 amide bonds. The number of nitrogens with zero attached hydrogens (tertiary/aromatic N) is 1. The molecule has 4 heteroatoms. The molecular weight excluding hydrogens is 180 g/mol. The van der Waals surface area contributed by atoms with Crippen LogP contribution in [0.15, 0.2) is 0 Å². The molecule has 0 rings (SSSR count). The lowest BCUT2D eigenvalue weighted by Crippen LogP contribution is -2.43. The number of rotatable bonds is 6. The van der Waals surface area contributed by atoms with Gasteiger partial charge in [0, 0.05) is 6.04 Å². The van der Waals surface area contributed by atoms with Crippen LogP contribution in [0.1, 0.15) is 20.3 Å². The maximum Gasteiger partial charge on any atom is 0.322 e. The first-order valence-electron chi connectivity index (χ1n) is 4.96. The molecule has 0 aromatic carbocycles. The molecule has 0 heterocycles. The molecule has 1 unspecified atom stereocenters.